The number of hydrogen-bond acceptors (Lipinski definition) is 5. The van der Waals surface area contributed by atoms with Crippen molar-refractivity contribution < 1.29 is 0 Å². The molecule has 112 valence electrons. The van der Waals surface area contributed by atoms with Crippen LogP contribution in [0.2, 0.25) is 0 Å². The van der Waals surface area contributed by atoms with Gasteiger partial charge in [-0.3, -0.25) is 9.59 Å². The molecule has 2 aromatic heterocycles. The van der Waals surface area contributed by atoms with Crippen LogP contribution in [0.15, 0.2) is 45.1 Å². The molecule has 0 radical (unpaired) electrons. The molecule has 3 aromatic rings. The SMILES string of the molecule is Cc1cc(=O)[nH]c(SC(C)c2nc3ccccc3c(=O)[nH]2)n1. The van der Waals surface area contributed by atoms with Gasteiger partial charge >= 0.3 is 0 Å². The van der Waals surface area contributed by atoms with E-state index in [1.165, 1.54) is 17.8 Å². The van der Waals surface area contributed by atoms with Crippen molar-refractivity contribution in [1.29, 1.82) is 0 Å². The number of H-pyrrole nitrogens is 2. The van der Waals surface area contributed by atoms with Gasteiger partial charge in [0.05, 0.1) is 16.2 Å². The number of nitrogens with zero attached hydrogens (tertiary/aromatic N) is 2. The molecule has 0 saturated carbocycles. The molecule has 0 amide bonds. The van der Waals surface area contributed by atoms with Crippen LogP contribution in [0.4, 0.5) is 0 Å². The summed E-state index contributed by atoms with van der Waals surface area (Å²) in [7, 11) is 0. The summed E-state index contributed by atoms with van der Waals surface area (Å²) in [6.45, 7) is 3.67. The van der Waals surface area contributed by atoms with Crippen LogP contribution in [-0.2, 0) is 0 Å². The van der Waals surface area contributed by atoms with Gasteiger partial charge in [0.25, 0.3) is 11.1 Å². The Morgan fingerprint density at radius 1 is 1.14 bits per heavy atom. The lowest BCUT2D eigenvalue weighted by Crippen LogP contribution is -2.13. The summed E-state index contributed by atoms with van der Waals surface area (Å²) in [5, 5.41) is 0.918. The number of thioether (sulfide) groups is 1. The van der Waals surface area contributed by atoms with Crippen LogP contribution in [0.25, 0.3) is 10.9 Å². The summed E-state index contributed by atoms with van der Waals surface area (Å²) in [5.41, 5.74) is 0.943. The molecule has 2 N–H and O–H groups in total. The highest BCUT2D eigenvalue weighted by atomic mass is 32.2. The van der Waals surface area contributed by atoms with Gasteiger partial charge in [0, 0.05) is 11.8 Å². The van der Waals surface area contributed by atoms with E-state index in [1.54, 1.807) is 25.1 Å². The van der Waals surface area contributed by atoms with Gasteiger partial charge in [0.1, 0.15) is 5.82 Å². The summed E-state index contributed by atoms with van der Waals surface area (Å²) >= 11 is 1.34. The summed E-state index contributed by atoms with van der Waals surface area (Å²) < 4.78 is 0. The maximum Gasteiger partial charge on any atom is 0.258 e. The van der Waals surface area contributed by atoms with Gasteiger partial charge in [0.15, 0.2) is 5.16 Å². The van der Waals surface area contributed by atoms with Crippen LogP contribution in [0, 0.1) is 6.92 Å². The third-order valence-electron chi connectivity index (χ3n) is 3.15. The largest absolute Gasteiger partial charge is 0.309 e. The number of para-hydroxylation sites is 1. The Labute approximate surface area is 130 Å². The van der Waals surface area contributed by atoms with E-state index >= 15 is 0 Å². The molecule has 7 heteroatoms. The average molecular weight is 314 g/mol. The highest BCUT2D eigenvalue weighted by molar-refractivity contribution is 7.99. The molecule has 6 nitrogen and oxygen atoms in total. The van der Waals surface area contributed by atoms with Gasteiger partial charge in [-0.1, -0.05) is 23.9 Å². The molecule has 22 heavy (non-hydrogen) atoms. The Kier molecular flexibility index (Phi) is 3.81. The predicted molar refractivity (Wildman–Crippen MR) is 86.2 cm³/mol. The number of fused-ring (bicyclic) bond motifs is 1. The number of aromatic amines is 2. The Morgan fingerprint density at radius 2 is 1.91 bits per heavy atom. The maximum atomic E-state index is 12.1. The fraction of sp³-hybridized carbons (Fsp3) is 0.200. The van der Waals surface area contributed by atoms with Gasteiger partial charge in [-0.05, 0) is 26.0 Å². The normalized spacial score (nSPS) is 12.5. The monoisotopic (exact) mass is 314 g/mol. The minimum absolute atomic E-state index is 0.151. The second-order valence-electron chi connectivity index (χ2n) is 4.92. The van der Waals surface area contributed by atoms with Crippen LogP contribution in [-0.4, -0.2) is 19.9 Å². The van der Waals surface area contributed by atoms with Crippen molar-refractivity contribution in [2.75, 3.05) is 0 Å². The van der Waals surface area contributed by atoms with Crippen molar-refractivity contribution in [1.82, 2.24) is 19.9 Å². The summed E-state index contributed by atoms with van der Waals surface area (Å²) in [5.74, 6) is 0.554. The van der Waals surface area contributed by atoms with E-state index in [0.717, 1.165) is 0 Å². The molecule has 1 aromatic carbocycles. The van der Waals surface area contributed by atoms with Gasteiger partial charge in [-0.2, -0.15) is 0 Å². The summed E-state index contributed by atoms with van der Waals surface area (Å²) in [6, 6.07) is 8.62. The van der Waals surface area contributed by atoms with E-state index < -0.39 is 0 Å². The Morgan fingerprint density at radius 3 is 2.68 bits per heavy atom. The van der Waals surface area contributed by atoms with Gasteiger partial charge in [0.2, 0.25) is 0 Å². The minimum atomic E-state index is -0.192. The number of aromatic nitrogens is 4. The second-order valence-corrected chi connectivity index (χ2v) is 6.25. The van der Waals surface area contributed by atoms with Crippen molar-refractivity contribution >= 4 is 22.7 Å². The Bertz CT molecular complexity index is 948. The Balaban J connectivity index is 1.96. The number of rotatable bonds is 3. The molecular formula is C15H14N4O2S. The van der Waals surface area contributed by atoms with E-state index in [9.17, 15) is 9.59 Å². The van der Waals surface area contributed by atoms with E-state index in [4.69, 9.17) is 0 Å². The standard InChI is InChI=1S/C15H14N4O2S/c1-8-7-12(20)18-15(16-8)22-9(2)13-17-11-6-4-3-5-10(11)14(21)19-13/h3-7,9H,1-2H3,(H,16,18,20)(H,17,19,21). The van der Waals surface area contributed by atoms with E-state index in [-0.39, 0.29) is 16.4 Å². The molecule has 0 aliphatic rings. The van der Waals surface area contributed by atoms with Gasteiger partial charge in [-0.15, -0.1) is 0 Å². The number of aryl methyl sites for hydroxylation is 1. The molecule has 3 rings (SSSR count). The smallest absolute Gasteiger partial charge is 0.258 e. The second kappa shape index (κ2) is 5.76. The lowest BCUT2D eigenvalue weighted by molar-refractivity contribution is 0.876. The zero-order valence-corrected chi connectivity index (χ0v) is 12.9. The molecule has 0 saturated heterocycles. The van der Waals surface area contributed by atoms with E-state index in [2.05, 4.69) is 19.9 Å². The maximum absolute atomic E-state index is 12.1. The molecule has 2 heterocycles. The van der Waals surface area contributed by atoms with Crippen molar-refractivity contribution in [2.45, 2.75) is 24.3 Å². The van der Waals surface area contributed by atoms with Crippen LogP contribution < -0.4 is 11.1 Å². The minimum Gasteiger partial charge on any atom is -0.309 e. The summed E-state index contributed by atoms with van der Waals surface area (Å²) in [4.78, 5) is 37.8. The first kappa shape index (κ1) is 14.5. The first-order valence-electron chi connectivity index (χ1n) is 6.76. The quantitative estimate of drug-likeness (QED) is 0.571. The van der Waals surface area contributed by atoms with Gasteiger partial charge in [-0.25, -0.2) is 9.97 Å². The van der Waals surface area contributed by atoms with Crippen molar-refractivity contribution in [2.24, 2.45) is 0 Å². The van der Waals surface area contributed by atoms with Crippen LogP contribution in [0.3, 0.4) is 0 Å². The number of hydrogen-bond donors (Lipinski definition) is 2. The molecule has 0 bridgehead atoms. The van der Waals surface area contributed by atoms with Crippen LogP contribution in [0.1, 0.15) is 23.7 Å². The first-order chi connectivity index (χ1) is 10.5. The van der Waals surface area contributed by atoms with Crippen molar-refractivity contribution in [3.8, 4) is 0 Å². The third kappa shape index (κ3) is 2.94. The lowest BCUT2D eigenvalue weighted by atomic mass is 10.2. The zero-order chi connectivity index (χ0) is 15.7. The molecule has 1 unspecified atom stereocenters. The van der Waals surface area contributed by atoms with Crippen LogP contribution in [0.5, 0.6) is 0 Å². The topological polar surface area (TPSA) is 91.5 Å². The average Bonchev–Trinajstić information content (AvgIpc) is 2.46. The fourth-order valence-corrected chi connectivity index (χ4v) is 3.04. The molecule has 0 fully saturated rings. The first-order valence-corrected chi connectivity index (χ1v) is 7.64. The van der Waals surface area contributed by atoms with Crippen molar-refractivity contribution in [3.63, 3.8) is 0 Å². The molecular weight excluding hydrogens is 300 g/mol. The van der Waals surface area contributed by atoms with Crippen LogP contribution >= 0.6 is 11.8 Å². The Hall–Kier alpha value is -2.41. The van der Waals surface area contributed by atoms with E-state index in [0.29, 0.717) is 27.6 Å². The fourth-order valence-electron chi connectivity index (χ4n) is 2.13. The van der Waals surface area contributed by atoms with E-state index in [1.807, 2.05) is 13.0 Å². The third-order valence-corrected chi connectivity index (χ3v) is 4.15. The van der Waals surface area contributed by atoms with Crippen molar-refractivity contribution in [3.05, 3.63) is 62.6 Å². The highest BCUT2D eigenvalue weighted by Gasteiger charge is 2.13. The molecule has 0 aliphatic carbocycles. The van der Waals surface area contributed by atoms with Gasteiger partial charge < -0.3 is 9.97 Å². The lowest BCUT2D eigenvalue weighted by Gasteiger charge is -2.10. The molecule has 1 atom stereocenters. The number of nitrogens with one attached hydrogen (secondary N) is 2. The predicted octanol–water partition coefficient (Wildman–Crippen LogP) is 2.17. The molecule has 0 aliphatic heterocycles. The number of benzene rings is 1. The highest BCUT2D eigenvalue weighted by Crippen LogP contribution is 2.30. The summed E-state index contributed by atoms with van der Waals surface area (Å²) in [6.07, 6.45) is 0. The molecule has 0 spiro atoms. The zero-order valence-electron chi connectivity index (χ0n) is 12.1.